The topological polar surface area (TPSA) is 146 Å². The van der Waals surface area contributed by atoms with Gasteiger partial charge in [-0.2, -0.15) is 10.2 Å². The van der Waals surface area contributed by atoms with Gasteiger partial charge >= 0.3 is 0 Å². The van der Waals surface area contributed by atoms with Gasteiger partial charge in [-0.15, -0.1) is 5.11 Å². The molecular formula is C23H18FN9O. The zero-order valence-electron chi connectivity index (χ0n) is 17.7. The van der Waals surface area contributed by atoms with E-state index in [2.05, 4.69) is 30.5 Å². The first-order valence-corrected chi connectivity index (χ1v) is 10.2. The van der Waals surface area contributed by atoms with E-state index in [0.717, 1.165) is 0 Å². The number of nitrogens with two attached hydrogens (primary N) is 2. The van der Waals surface area contributed by atoms with Crippen LogP contribution in [0.5, 0.6) is 0 Å². The molecule has 0 saturated carbocycles. The van der Waals surface area contributed by atoms with E-state index in [0.29, 0.717) is 28.3 Å². The zero-order valence-corrected chi connectivity index (χ0v) is 17.7. The van der Waals surface area contributed by atoms with Gasteiger partial charge in [-0.05, 0) is 24.3 Å². The van der Waals surface area contributed by atoms with Crippen molar-refractivity contribution in [1.82, 2.24) is 24.9 Å². The second-order valence-corrected chi connectivity index (χ2v) is 7.25. The molecule has 0 spiro atoms. The van der Waals surface area contributed by atoms with Crippen LogP contribution in [0.1, 0.15) is 5.56 Å². The predicted octanol–water partition coefficient (Wildman–Crippen LogP) is 4.76. The van der Waals surface area contributed by atoms with E-state index >= 15 is 0 Å². The number of hydrogen-bond donors (Lipinski definition) is 2. The van der Waals surface area contributed by atoms with E-state index in [9.17, 15) is 4.39 Å². The first-order valence-electron chi connectivity index (χ1n) is 10.2. The number of hydrogen-bond acceptors (Lipinski definition) is 9. The Morgan fingerprint density at radius 1 is 0.882 bits per heavy atom. The van der Waals surface area contributed by atoms with E-state index in [-0.39, 0.29) is 35.5 Å². The Morgan fingerprint density at radius 3 is 2.32 bits per heavy atom. The lowest BCUT2D eigenvalue weighted by Crippen LogP contribution is -2.06. The van der Waals surface area contributed by atoms with Crippen LogP contribution in [0.3, 0.4) is 0 Å². The summed E-state index contributed by atoms with van der Waals surface area (Å²) in [6.07, 6.45) is 1.44. The van der Waals surface area contributed by atoms with Crippen LogP contribution in [0.2, 0.25) is 0 Å². The van der Waals surface area contributed by atoms with Crippen molar-refractivity contribution in [3.63, 3.8) is 0 Å². The summed E-state index contributed by atoms with van der Waals surface area (Å²) in [6, 6.07) is 19.0. The third-order valence-electron chi connectivity index (χ3n) is 4.95. The number of aromatic nitrogens is 5. The molecule has 0 bridgehead atoms. The fourth-order valence-corrected chi connectivity index (χ4v) is 3.30. The van der Waals surface area contributed by atoms with Gasteiger partial charge in [0, 0.05) is 11.6 Å². The van der Waals surface area contributed by atoms with Crippen molar-refractivity contribution >= 4 is 23.0 Å². The van der Waals surface area contributed by atoms with Crippen molar-refractivity contribution in [2.24, 2.45) is 10.2 Å². The average Bonchev–Trinajstić information content (AvgIpc) is 3.51. The van der Waals surface area contributed by atoms with Crippen LogP contribution < -0.4 is 11.5 Å². The molecular weight excluding hydrogens is 437 g/mol. The van der Waals surface area contributed by atoms with Crippen LogP contribution in [0.4, 0.5) is 27.4 Å². The molecule has 11 heteroatoms. The molecule has 5 aromatic rings. The Kier molecular flexibility index (Phi) is 5.48. The molecule has 168 valence electrons. The van der Waals surface area contributed by atoms with E-state index in [1.807, 2.05) is 18.2 Å². The minimum Gasteiger partial charge on any atom is -0.382 e. The zero-order chi connectivity index (χ0) is 23.5. The molecule has 0 aliphatic carbocycles. The molecule has 0 aliphatic rings. The molecule has 0 saturated heterocycles. The van der Waals surface area contributed by atoms with Crippen LogP contribution in [-0.4, -0.2) is 24.9 Å². The fraction of sp³-hybridized carbons (Fsp3) is 0.0435. The van der Waals surface area contributed by atoms with Crippen molar-refractivity contribution in [3.8, 4) is 22.9 Å². The van der Waals surface area contributed by atoms with Gasteiger partial charge in [-0.25, -0.2) is 14.4 Å². The van der Waals surface area contributed by atoms with Gasteiger partial charge < -0.3 is 16.0 Å². The second-order valence-electron chi connectivity index (χ2n) is 7.25. The Balaban J connectivity index is 1.52. The normalized spacial score (nSPS) is 11.3. The number of anilines is 2. The summed E-state index contributed by atoms with van der Waals surface area (Å²) < 4.78 is 20.8. The predicted molar refractivity (Wildman–Crippen MR) is 124 cm³/mol. The second kappa shape index (κ2) is 8.90. The van der Waals surface area contributed by atoms with Crippen molar-refractivity contribution in [2.75, 3.05) is 11.5 Å². The molecule has 0 radical (unpaired) electrons. The lowest BCUT2D eigenvalue weighted by molar-refractivity contribution is 0.421. The SMILES string of the molecule is Nc1nc(-c2cc(-c3ccon3)n(Cc3ccccc3F)n2)nc(N)c1/N=N/c1ccccc1. The first-order chi connectivity index (χ1) is 16.6. The van der Waals surface area contributed by atoms with Crippen molar-refractivity contribution < 1.29 is 8.91 Å². The average molecular weight is 455 g/mol. The smallest absolute Gasteiger partial charge is 0.184 e. The third-order valence-corrected chi connectivity index (χ3v) is 4.95. The highest BCUT2D eigenvalue weighted by atomic mass is 19.1. The molecule has 2 aromatic carbocycles. The highest BCUT2D eigenvalue weighted by Gasteiger charge is 2.19. The Bertz CT molecular complexity index is 1440. The van der Waals surface area contributed by atoms with Gasteiger partial charge in [-0.3, -0.25) is 4.68 Å². The van der Waals surface area contributed by atoms with Crippen molar-refractivity contribution in [1.29, 1.82) is 0 Å². The quantitative estimate of drug-likeness (QED) is 0.351. The first kappa shape index (κ1) is 20.9. The molecule has 0 amide bonds. The monoisotopic (exact) mass is 455 g/mol. The van der Waals surface area contributed by atoms with Gasteiger partial charge in [0.2, 0.25) is 0 Å². The van der Waals surface area contributed by atoms with Gasteiger partial charge in [0.25, 0.3) is 0 Å². The number of azo groups is 1. The summed E-state index contributed by atoms with van der Waals surface area (Å²) in [5.74, 6) is -0.0585. The van der Waals surface area contributed by atoms with E-state index in [1.165, 1.54) is 12.3 Å². The fourth-order valence-electron chi connectivity index (χ4n) is 3.30. The molecule has 0 aliphatic heterocycles. The molecule has 0 fully saturated rings. The summed E-state index contributed by atoms with van der Waals surface area (Å²) in [5, 5.41) is 16.7. The van der Waals surface area contributed by atoms with E-state index < -0.39 is 0 Å². The Labute approximate surface area is 192 Å². The molecule has 0 unspecified atom stereocenters. The van der Waals surface area contributed by atoms with Gasteiger partial charge in [0.05, 0.1) is 17.9 Å². The highest BCUT2D eigenvalue weighted by molar-refractivity contribution is 5.74. The standard InChI is InChI=1S/C23H18FN9O/c24-16-9-5-4-6-14(16)13-33-19(17-10-11-34-32-17)12-18(31-33)23-27-21(25)20(22(26)28-23)30-29-15-7-2-1-3-8-15/h1-12H,13H2,(H4,25,26,27,28)/b30-29+. The maximum Gasteiger partial charge on any atom is 0.184 e. The van der Waals surface area contributed by atoms with E-state index in [1.54, 1.807) is 47.1 Å². The molecule has 4 N–H and O–H groups in total. The molecule has 3 heterocycles. The van der Waals surface area contributed by atoms with Crippen LogP contribution in [-0.2, 0) is 6.54 Å². The van der Waals surface area contributed by atoms with Crippen LogP contribution in [0.25, 0.3) is 22.9 Å². The maximum absolute atomic E-state index is 14.3. The number of nitrogen functional groups attached to an aromatic ring is 2. The molecule has 5 rings (SSSR count). The lowest BCUT2D eigenvalue weighted by Gasteiger charge is -2.07. The summed E-state index contributed by atoms with van der Waals surface area (Å²) >= 11 is 0. The minimum atomic E-state index is -0.344. The number of rotatable bonds is 6. The van der Waals surface area contributed by atoms with Gasteiger partial charge in [0.15, 0.2) is 23.1 Å². The number of nitrogens with zero attached hydrogens (tertiary/aromatic N) is 7. The summed E-state index contributed by atoms with van der Waals surface area (Å²) in [6.45, 7) is 0.156. The minimum absolute atomic E-state index is 0.0498. The van der Waals surface area contributed by atoms with Gasteiger partial charge in [-0.1, -0.05) is 41.6 Å². The number of benzene rings is 2. The molecule has 3 aromatic heterocycles. The van der Waals surface area contributed by atoms with Crippen LogP contribution in [0, 0.1) is 5.82 Å². The Hall–Kier alpha value is -4.93. The largest absolute Gasteiger partial charge is 0.382 e. The molecule has 0 atom stereocenters. The van der Waals surface area contributed by atoms with Gasteiger partial charge in [0.1, 0.15) is 23.5 Å². The summed E-state index contributed by atoms with van der Waals surface area (Å²) in [4.78, 5) is 8.63. The summed E-state index contributed by atoms with van der Waals surface area (Å²) in [5.41, 5.74) is 14.9. The number of halogens is 1. The molecule has 10 nitrogen and oxygen atoms in total. The molecule has 34 heavy (non-hydrogen) atoms. The maximum atomic E-state index is 14.3. The van der Waals surface area contributed by atoms with E-state index in [4.69, 9.17) is 16.0 Å². The highest BCUT2D eigenvalue weighted by Crippen LogP contribution is 2.32. The lowest BCUT2D eigenvalue weighted by atomic mass is 10.2. The Morgan fingerprint density at radius 2 is 1.62 bits per heavy atom. The van der Waals surface area contributed by atoms with Crippen molar-refractivity contribution in [3.05, 3.63) is 84.4 Å². The third kappa shape index (κ3) is 4.21. The van der Waals surface area contributed by atoms with Crippen LogP contribution in [0.15, 0.2) is 87.7 Å². The van der Waals surface area contributed by atoms with Crippen LogP contribution >= 0.6 is 0 Å². The van der Waals surface area contributed by atoms with Crippen molar-refractivity contribution in [2.45, 2.75) is 6.54 Å². The summed E-state index contributed by atoms with van der Waals surface area (Å²) in [7, 11) is 0.